The Balaban J connectivity index is 2.27. The molecule has 0 spiro atoms. The Morgan fingerprint density at radius 1 is 1.10 bits per heavy atom. The number of nitrogens with one attached hydrogen (secondary N) is 1. The van der Waals surface area contributed by atoms with Gasteiger partial charge in [0.1, 0.15) is 5.82 Å². The maximum Gasteiger partial charge on any atom is 0.336 e. The molecule has 2 aromatic carbocycles. The van der Waals surface area contributed by atoms with E-state index in [2.05, 4.69) is 5.32 Å². The van der Waals surface area contributed by atoms with Crippen molar-refractivity contribution in [3.63, 3.8) is 0 Å². The number of aryl methyl sites for hydroxylation is 1. The van der Waals surface area contributed by atoms with E-state index in [0.29, 0.717) is 11.3 Å². The lowest BCUT2D eigenvalue weighted by Crippen LogP contribution is -2.14. The first-order valence-electron chi connectivity index (χ1n) is 5.89. The molecule has 0 saturated carbocycles. The summed E-state index contributed by atoms with van der Waals surface area (Å²) >= 11 is 0. The number of hydrogen-bond acceptors (Lipinski definition) is 2. The lowest BCUT2D eigenvalue weighted by molar-refractivity contribution is 0.0695. The summed E-state index contributed by atoms with van der Waals surface area (Å²) in [7, 11) is 0. The van der Waals surface area contributed by atoms with Crippen LogP contribution in [0, 0.1) is 12.7 Å². The van der Waals surface area contributed by atoms with Crippen molar-refractivity contribution in [2.45, 2.75) is 6.92 Å². The molecular formula is C15H12FNO3. The second-order valence-corrected chi connectivity index (χ2v) is 4.27. The van der Waals surface area contributed by atoms with Gasteiger partial charge in [-0.1, -0.05) is 18.2 Å². The van der Waals surface area contributed by atoms with Crippen molar-refractivity contribution in [1.82, 2.24) is 0 Å². The summed E-state index contributed by atoms with van der Waals surface area (Å²) in [6.07, 6.45) is 0. The number of halogens is 1. The molecule has 0 aliphatic rings. The molecule has 0 saturated heterocycles. The van der Waals surface area contributed by atoms with E-state index in [-0.39, 0.29) is 11.1 Å². The van der Waals surface area contributed by atoms with Gasteiger partial charge in [-0.2, -0.15) is 0 Å². The second-order valence-electron chi connectivity index (χ2n) is 4.27. The van der Waals surface area contributed by atoms with Crippen molar-refractivity contribution in [2.75, 3.05) is 5.32 Å². The van der Waals surface area contributed by atoms with Gasteiger partial charge >= 0.3 is 5.97 Å². The van der Waals surface area contributed by atoms with Crippen LogP contribution in [0.25, 0.3) is 0 Å². The first kappa shape index (κ1) is 13.7. The highest BCUT2D eigenvalue weighted by Crippen LogP contribution is 2.17. The van der Waals surface area contributed by atoms with Crippen molar-refractivity contribution in [2.24, 2.45) is 0 Å². The molecule has 0 aliphatic heterocycles. The number of carbonyl (C=O) groups is 2. The average Bonchev–Trinajstić information content (AvgIpc) is 2.41. The number of carboxylic acids is 1. The molecule has 0 aromatic heterocycles. The van der Waals surface area contributed by atoms with E-state index < -0.39 is 17.7 Å². The van der Waals surface area contributed by atoms with Crippen LogP contribution in [0.15, 0.2) is 42.5 Å². The van der Waals surface area contributed by atoms with E-state index in [4.69, 9.17) is 5.11 Å². The van der Waals surface area contributed by atoms with Gasteiger partial charge in [0.05, 0.1) is 11.1 Å². The SMILES string of the molecule is Cc1ccc(NC(=O)c2ccccc2F)cc1C(=O)O. The zero-order chi connectivity index (χ0) is 14.7. The average molecular weight is 273 g/mol. The Labute approximate surface area is 114 Å². The molecule has 0 fully saturated rings. The smallest absolute Gasteiger partial charge is 0.336 e. The number of carbonyl (C=O) groups excluding carboxylic acids is 1. The second kappa shape index (κ2) is 5.52. The molecule has 2 aromatic rings. The van der Waals surface area contributed by atoms with Gasteiger partial charge in [0.2, 0.25) is 0 Å². The van der Waals surface area contributed by atoms with Gasteiger partial charge in [-0.05, 0) is 36.8 Å². The summed E-state index contributed by atoms with van der Waals surface area (Å²) in [5.41, 5.74) is 0.893. The van der Waals surface area contributed by atoms with E-state index in [1.807, 2.05) is 0 Å². The molecule has 102 valence electrons. The Bertz CT molecular complexity index is 683. The summed E-state index contributed by atoms with van der Waals surface area (Å²) in [5.74, 6) is -2.33. The van der Waals surface area contributed by atoms with E-state index in [9.17, 15) is 14.0 Å². The van der Waals surface area contributed by atoms with Crippen LogP contribution in [0.4, 0.5) is 10.1 Å². The summed E-state index contributed by atoms with van der Waals surface area (Å²) < 4.78 is 13.5. The van der Waals surface area contributed by atoms with Crippen LogP contribution >= 0.6 is 0 Å². The van der Waals surface area contributed by atoms with Crippen molar-refractivity contribution in [1.29, 1.82) is 0 Å². The fourth-order valence-electron chi connectivity index (χ4n) is 1.77. The van der Waals surface area contributed by atoms with Gasteiger partial charge in [0.25, 0.3) is 5.91 Å². The van der Waals surface area contributed by atoms with Crippen molar-refractivity contribution in [3.05, 3.63) is 65.0 Å². The van der Waals surface area contributed by atoms with Crippen LogP contribution in [-0.4, -0.2) is 17.0 Å². The molecule has 0 heterocycles. The molecule has 5 heteroatoms. The third kappa shape index (κ3) is 2.83. The molecule has 4 nitrogen and oxygen atoms in total. The van der Waals surface area contributed by atoms with Gasteiger partial charge in [-0.25, -0.2) is 9.18 Å². The van der Waals surface area contributed by atoms with Gasteiger partial charge in [-0.15, -0.1) is 0 Å². The van der Waals surface area contributed by atoms with Gasteiger partial charge < -0.3 is 10.4 Å². The van der Waals surface area contributed by atoms with Crippen LogP contribution in [0.5, 0.6) is 0 Å². The third-order valence-electron chi connectivity index (χ3n) is 2.84. The largest absolute Gasteiger partial charge is 0.478 e. The first-order valence-corrected chi connectivity index (χ1v) is 5.89. The number of amides is 1. The Hall–Kier alpha value is -2.69. The molecule has 2 N–H and O–H groups in total. The first-order chi connectivity index (χ1) is 9.49. The number of rotatable bonds is 3. The van der Waals surface area contributed by atoms with Crippen LogP contribution in [0.3, 0.4) is 0 Å². The number of anilines is 1. The minimum atomic E-state index is -1.08. The minimum Gasteiger partial charge on any atom is -0.478 e. The summed E-state index contributed by atoms with van der Waals surface area (Å²) in [4.78, 5) is 22.9. The molecule has 0 radical (unpaired) electrons. The van der Waals surface area contributed by atoms with E-state index in [1.165, 1.54) is 24.3 Å². The Morgan fingerprint density at radius 3 is 2.45 bits per heavy atom. The summed E-state index contributed by atoms with van der Waals surface area (Å²) in [6.45, 7) is 1.66. The van der Waals surface area contributed by atoms with Gasteiger partial charge in [-0.3, -0.25) is 4.79 Å². The standard InChI is InChI=1S/C15H12FNO3/c1-9-6-7-10(8-12(9)15(19)20)17-14(18)11-4-2-3-5-13(11)16/h2-8H,1H3,(H,17,18)(H,19,20). The molecule has 0 bridgehead atoms. The molecule has 1 amide bonds. The van der Waals surface area contributed by atoms with Gasteiger partial charge in [0, 0.05) is 5.69 Å². The van der Waals surface area contributed by atoms with Crippen molar-refractivity contribution >= 4 is 17.6 Å². The topological polar surface area (TPSA) is 66.4 Å². The number of hydrogen-bond donors (Lipinski definition) is 2. The molecule has 0 unspecified atom stereocenters. The molecule has 0 aliphatic carbocycles. The fraction of sp³-hybridized carbons (Fsp3) is 0.0667. The lowest BCUT2D eigenvalue weighted by atomic mass is 10.1. The Kier molecular flexibility index (Phi) is 3.79. The number of carboxylic acid groups (broad SMARTS) is 1. The van der Waals surface area contributed by atoms with E-state index in [0.717, 1.165) is 0 Å². The predicted molar refractivity (Wildman–Crippen MR) is 72.5 cm³/mol. The zero-order valence-corrected chi connectivity index (χ0v) is 10.7. The highest BCUT2D eigenvalue weighted by atomic mass is 19.1. The normalized spacial score (nSPS) is 10.1. The highest BCUT2D eigenvalue weighted by Gasteiger charge is 2.13. The zero-order valence-electron chi connectivity index (χ0n) is 10.7. The molecule has 0 atom stereocenters. The highest BCUT2D eigenvalue weighted by molar-refractivity contribution is 6.05. The molecule has 2 rings (SSSR count). The van der Waals surface area contributed by atoms with E-state index in [1.54, 1.807) is 25.1 Å². The molecular weight excluding hydrogens is 261 g/mol. The van der Waals surface area contributed by atoms with Crippen molar-refractivity contribution in [3.8, 4) is 0 Å². The lowest BCUT2D eigenvalue weighted by Gasteiger charge is -2.08. The summed E-state index contributed by atoms with van der Waals surface area (Å²) in [5, 5.41) is 11.5. The van der Waals surface area contributed by atoms with Crippen LogP contribution in [0.2, 0.25) is 0 Å². The quantitative estimate of drug-likeness (QED) is 0.903. The Morgan fingerprint density at radius 2 is 1.80 bits per heavy atom. The van der Waals surface area contributed by atoms with Crippen LogP contribution < -0.4 is 5.32 Å². The minimum absolute atomic E-state index is 0.0926. The van der Waals surface area contributed by atoms with Gasteiger partial charge in [0.15, 0.2) is 0 Å². The number of benzene rings is 2. The predicted octanol–water partition coefficient (Wildman–Crippen LogP) is 3.08. The maximum atomic E-state index is 13.5. The number of aromatic carboxylic acids is 1. The van der Waals surface area contributed by atoms with E-state index >= 15 is 0 Å². The van der Waals surface area contributed by atoms with Crippen LogP contribution in [0.1, 0.15) is 26.3 Å². The molecule has 20 heavy (non-hydrogen) atoms. The van der Waals surface area contributed by atoms with Crippen LogP contribution in [-0.2, 0) is 0 Å². The maximum absolute atomic E-state index is 13.5. The monoisotopic (exact) mass is 273 g/mol. The fourth-order valence-corrected chi connectivity index (χ4v) is 1.77. The summed E-state index contributed by atoms with van der Waals surface area (Å²) in [6, 6.07) is 10.1. The third-order valence-corrected chi connectivity index (χ3v) is 2.84. The van der Waals surface area contributed by atoms with Crippen molar-refractivity contribution < 1.29 is 19.1 Å².